The number of benzene rings is 2. The Morgan fingerprint density at radius 3 is 2.50 bits per heavy atom. The van der Waals surface area contributed by atoms with Crippen molar-refractivity contribution in [2.24, 2.45) is 0 Å². The number of nitrogens with one attached hydrogen (secondary N) is 1. The van der Waals surface area contributed by atoms with E-state index < -0.39 is 0 Å². The van der Waals surface area contributed by atoms with Gasteiger partial charge in [-0.25, -0.2) is 4.39 Å². The van der Waals surface area contributed by atoms with E-state index in [0.29, 0.717) is 11.8 Å². The zero-order valence-corrected chi connectivity index (χ0v) is 22.7. The number of rotatable bonds is 8. The molecule has 2 amide bonds. The molecule has 3 fully saturated rings. The van der Waals surface area contributed by atoms with Crippen molar-refractivity contribution < 1.29 is 14.0 Å². The highest BCUT2D eigenvalue weighted by atomic mass is 32.2. The average Bonchev–Trinajstić information content (AvgIpc) is 2.95. The monoisotopic (exact) mass is 536 g/mol. The predicted molar refractivity (Wildman–Crippen MR) is 152 cm³/mol. The van der Waals surface area contributed by atoms with E-state index in [0.717, 1.165) is 74.6 Å². The van der Waals surface area contributed by atoms with Crippen molar-refractivity contribution in [1.82, 2.24) is 15.1 Å². The molecule has 1 N–H and O–H groups in total. The molecule has 38 heavy (non-hydrogen) atoms. The SMILES string of the molecule is O=C(CN1C(=O)/C(=C/c2ccccc2)SC2CCCCC21)NCCCN1CCN(c2ccc(F)cc2)CC1. The van der Waals surface area contributed by atoms with Crippen LogP contribution in [0.25, 0.3) is 6.08 Å². The van der Waals surface area contributed by atoms with Crippen molar-refractivity contribution >= 4 is 35.3 Å². The second kappa shape index (κ2) is 12.8. The van der Waals surface area contributed by atoms with Gasteiger partial charge in [0, 0.05) is 49.7 Å². The van der Waals surface area contributed by atoms with Gasteiger partial charge in [-0.15, -0.1) is 11.8 Å². The molecule has 2 aliphatic heterocycles. The molecule has 1 saturated carbocycles. The smallest absolute Gasteiger partial charge is 0.261 e. The summed E-state index contributed by atoms with van der Waals surface area (Å²) in [5, 5.41) is 3.42. The van der Waals surface area contributed by atoms with Gasteiger partial charge in [0.25, 0.3) is 5.91 Å². The number of piperazine rings is 1. The van der Waals surface area contributed by atoms with Gasteiger partial charge in [-0.3, -0.25) is 14.5 Å². The van der Waals surface area contributed by atoms with Gasteiger partial charge in [0.15, 0.2) is 0 Å². The van der Waals surface area contributed by atoms with Crippen LogP contribution in [0.4, 0.5) is 10.1 Å². The summed E-state index contributed by atoms with van der Waals surface area (Å²) in [6.45, 7) is 5.38. The Bertz CT molecular complexity index is 1120. The van der Waals surface area contributed by atoms with Crippen molar-refractivity contribution in [3.63, 3.8) is 0 Å². The van der Waals surface area contributed by atoms with E-state index in [1.54, 1.807) is 11.8 Å². The first-order valence-electron chi connectivity index (χ1n) is 13.8. The van der Waals surface area contributed by atoms with Crippen molar-refractivity contribution in [1.29, 1.82) is 0 Å². The molecule has 5 rings (SSSR count). The summed E-state index contributed by atoms with van der Waals surface area (Å²) >= 11 is 1.70. The van der Waals surface area contributed by atoms with Gasteiger partial charge < -0.3 is 15.1 Å². The first kappa shape index (κ1) is 26.8. The van der Waals surface area contributed by atoms with Gasteiger partial charge >= 0.3 is 0 Å². The number of fused-ring (bicyclic) bond motifs is 1. The summed E-state index contributed by atoms with van der Waals surface area (Å²) < 4.78 is 13.2. The minimum atomic E-state index is -0.208. The number of hydrogen-bond acceptors (Lipinski definition) is 5. The van der Waals surface area contributed by atoms with Crippen LogP contribution in [-0.2, 0) is 9.59 Å². The molecule has 1 aliphatic carbocycles. The van der Waals surface area contributed by atoms with Gasteiger partial charge in [-0.05, 0) is 61.7 Å². The molecule has 2 aromatic rings. The molecule has 2 heterocycles. The van der Waals surface area contributed by atoms with Crippen LogP contribution in [0.5, 0.6) is 0 Å². The number of anilines is 1. The van der Waals surface area contributed by atoms with Crippen LogP contribution >= 0.6 is 11.8 Å². The Balaban J connectivity index is 1.08. The van der Waals surface area contributed by atoms with E-state index in [4.69, 9.17) is 0 Å². The Morgan fingerprint density at radius 2 is 1.74 bits per heavy atom. The number of amides is 2. The summed E-state index contributed by atoms with van der Waals surface area (Å²) in [6.07, 6.45) is 7.19. The molecule has 2 unspecified atom stereocenters. The third kappa shape index (κ3) is 6.77. The quantitative estimate of drug-likeness (QED) is 0.401. The van der Waals surface area contributed by atoms with Crippen molar-refractivity contribution in [2.45, 2.75) is 43.4 Å². The number of thioether (sulfide) groups is 1. The molecule has 8 heteroatoms. The highest BCUT2D eigenvalue weighted by Crippen LogP contribution is 2.42. The third-order valence-electron chi connectivity index (χ3n) is 7.77. The van der Waals surface area contributed by atoms with E-state index >= 15 is 0 Å². The van der Waals surface area contributed by atoms with Gasteiger partial charge in [0.1, 0.15) is 12.4 Å². The lowest BCUT2D eigenvalue weighted by molar-refractivity contribution is -0.135. The molecule has 2 saturated heterocycles. The molecule has 3 aliphatic rings. The van der Waals surface area contributed by atoms with Gasteiger partial charge in [-0.1, -0.05) is 43.2 Å². The Hall–Kier alpha value is -2.84. The standard InChI is InChI=1S/C30H37FN4O2S/c31-24-11-13-25(14-12-24)34-19-17-33(18-20-34)16-6-15-32-29(36)22-35-26-9-4-5-10-27(26)38-28(30(35)37)21-23-7-2-1-3-8-23/h1-3,7-8,11-14,21,26-27H,4-6,9-10,15-20,22H2,(H,32,36)/b28-21-. The Morgan fingerprint density at radius 1 is 1.00 bits per heavy atom. The molecule has 6 nitrogen and oxygen atoms in total. The number of halogens is 1. The van der Waals surface area contributed by atoms with E-state index in [1.807, 2.05) is 53.4 Å². The average molecular weight is 537 g/mol. The van der Waals surface area contributed by atoms with E-state index in [1.165, 1.54) is 18.6 Å². The van der Waals surface area contributed by atoms with Gasteiger partial charge in [0.05, 0.1) is 4.91 Å². The van der Waals surface area contributed by atoms with Gasteiger partial charge in [0.2, 0.25) is 5.91 Å². The van der Waals surface area contributed by atoms with Crippen LogP contribution in [0.3, 0.4) is 0 Å². The lowest BCUT2D eigenvalue weighted by atomic mass is 9.93. The second-order valence-electron chi connectivity index (χ2n) is 10.4. The number of carbonyl (C=O) groups is 2. The molecule has 2 aromatic carbocycles. The normalized spacial score (nSPS) is 23.4. The lowest BCUT2D eigenvalue weighted by Crippen LogP contribution is -2.54. The van der Waals surface area contributed by atoms with Gasteiger partial charge in [-0.2, -0.15) is 0 Å². The fourth-order valence-corrected chi connectivity index (χ4v) is 7.16. The molecule has 0 spiro atoms. The summed E-state index contributed by atoms with van der Waals surface area (Å²) in [7, 11) is 0. The van der Waals surface area contributed by atoms with Crippen LogP contribution in [0.15, 0.2) is 59.5 Å². The molecule has 2 atom stereocenters. The van der Waals surface area contributed by atoms with Crippen LogP contribution in [0.1, 0.15) is 37.7 Å². The van der Waals surface area contributed by atoms with Crippen LogP contribution < -0.4 is 10.2 Å². The van der Waals surface area contributed by atoms with E-state index in [-0.39, 0.29) is 30.2 Å². The minimum Gasteiger partial charge on any atom is -0.369 e. The van der Waals surface area contributed by atoms with Crippen LogP contribution in [0.2, 0.25) is 0 Å². The summed E-state index contributed by atoms with van der Waals surface area (Å²) in [4.78, 5) is 33.6. The molecule has 0 bridgehead atoms. The summed E-state index contributed by atoms with van der Waals surface area (Å²) in [5.41, 5.74) is 2.08. The highest BCUT2D eigenvalue weighted by Gasteiger charge is 2.41. The maximum Gasteiger partial charge on any atom is 0.261 e. The molecule has 0 aromatic heterocycles. The predicted octanol–water partition coefficient (Wildman–Crippen LogP) is 4.38. The van der Waals surface area contributed by atoms with E-state index in [2.05, 4.69) is 15.1 Å². The molecular formula is C30H37FN4O2S. The number of carbonyl (C=O) groups excluding carboxylic acids is 2. The zero-order valence-electron chi connectivity index (χ0n) is 21.9. The van der Waals surface area contributed by atoms with Crippen molar-refractivity contribution in [2.75, 3.05) is 50.7 Å². The summed E-state index contributed by atoms with van der Waals surface area (Å²) in [6, 6.07) is 16.8. The summed E-state index contributed by atoms with van der Waals surface area (Å²) in [5.74, 6) is -0.299. The molecular weight excluding hydrogens is 499 g/mol. The molecule has 0 radical (unpaired) electrons. The van der Waals surface area contributed by atoms with Crippen LogP contribution in [0, 0.1) is 5.82 Å². The number of hydrogen-bond donors (Lipinski definition) is 1. The Kier molecular flexibility index (Phi) is 9.02. The lowest BCUT2D eigenvalue weighted by Gasteiger charge is -2.43. The van der Waals surface area contributed by atoms with Crippen molar-refractivity contribution in [3.8, 4) is 0 Å². The van der Waals surface area contributed by atoms with Crippen molar-refractivity contribution in [3.05, 3.63) is 70.9 Å². The van der Waals surface area contributed by atoms with E-state index in [9.17, 15) is 14.0 Å². The third-order valence-corrected chi connectivity index (χ3v) is 9.17. The molecule has 202 valence electrons. The second-order valence-corrected chi connectivity index (χ2v) is 11.7. The minimum absolute atomic E-state index is 0.0174. The maximum absolute atomic E-state index is 13.4. The zero-order chi connectivity index (χ0) is 26.3. The maximum atomic E-state index is 13.4. The fourth-order valence-electron chi connectivity index (χ4n) is 5.69. The number of nitrogens with zero attached hydrogens (tertiary/aromatic N) is 3. The first-order chi connectivity index (χ1) is 18.6. The highest BCUT2D eigenvalue weighted by molar-refractivity contribution is 8.04. The first-order valence-corrected chi connectivity index (χ1v) is 14.7. The Labute approximate surface area is 229 Å². The topological polar surface area (TPSA) is 55.9 Å². The van der Waals surface area contributed by atoms with Crippen LogP contribution in [-0.4, -0.2) is 78.7 Å². The largest absolute Gasteiger partial charge is 0.369 e. The fraction of sp³-hybridized carbons (Fsp3) is 0.467.